The molecule has 4 rings (SSSR count). The molecule has 2 aromatic rings. The molecule has 1 nitrogen and oxygen atoms in total. The molecule has 4 heteroatoms. The first kappa shape index (κ1) is 23.2. The topological polar surface area (TPSA) is 9.23 Å². The van der Waals surface area contributed by atoms with Crippen molar-refractivity contribution in [3.05, 3.63) is 96.1 Å². The van der Waals surface area contributed by atoms with E-state index in [1.165, 1.54) is 24.8 Å². The first-order chi connectivity index (χ1) is 16.0. The number of rotatable bonds is 7. The largest absolute Gasteiger partial charge is 0.498 e. The molecule has 33 heavy (non-hydrogen) atoms. The molecule has 0 N–H and O–H groups in total. The molecule has 0 spiro atoms. The Balaban J connectivity index is 1.50. The van der Waals surface area contributed by atoms with Crippen LogP contribution < -0.4 is 0 Å². The molecule has 3 atom stereocenters. The Morgan fingerprint density at radius 2 is 1.73 bits per heavy atom. The lowest BCUT2D eigenvalue weighted by molar-refractivity contribution is 0.152. The van der Waals surface area contributed by atoms with Gasteiger partial charge in [-0.05, 0) is 78.0 Å². The molecule has 0 saturated heterocycles. The molecule has 2 aliphatic carbocycles. The first-order valence-electron chi connectivity index (χ1n) is 11.5. The highest BCUT2D eigenvalue weighted by Crippen LogP contribution is 2.36. The Hall–Kier alpha value is -3.01. The molecule has 0 heterocycles. The van der Waals surface area contributed by atoms with Gasteiger partial charge >= 0.3 is 0 Å². The van der Waals surface area contributed by atoms with Crippen molar-refractivity contribution >= 4 is 11.1 Å². The number of halogens is 3. The van der Waals surface area contributed by atoms with Crippen LogP contribution in [0, 0.1) is 11.7 Å². The third-order valence-corrected chi connectivity index (χ3v) is 6.66. The van der Waals surface area contributed by atoms with Gasteiger partial charge in [0.15, 0.2) is 12.3 Å². The minimum absolute atomic E-state index is 0.0228. The number of alkyl halides is 2. The lowest BCUT2D eigenvalue weighted by Crippen LogP contribution is -2.24. The maximum Gasteiger partial charge on any atom is 0.192 e. The van der Waals surface area contributed by atoms with Gasteiger partial charge in [-0.25, -0.2) is 13.2 Å². The van der Waals surface area contributed by atoms with Gasteiger partial charge in [0.1, 0.15) is 11.6 Å². The highest BCUT2D eigenvalue weighted by atomic mass is 19.2. The van der Waals surface area contributed by atoms with Gasteiger partial charge in [0, 0.05) is 5.56 Å². The minimum atomic E-state index is -1.83. The van der Waals surface area contributed by atoms with E-state index in [9.17, 15) is 8.78 Å². The highest BCUT2D eigenvalue weighted by Gasteiger charge is 2.32. The van der Waals surface area contributed by atoms with Crippen molar-refractivity contribution in [2.45, 2.75) is 44.4 Å². The summed E-state index contributed by atoms with van der Waals surface area (Å²) in [7, 11) is 1.32. The number of methoxy groups -OCH3 is 1. The SMILES string of the molecule is C=CCCC1CC=C(c2ccc(-c3ccc(C4=CC=C(OC)C(F)C4F)cc3)c(F)c2)CC1. The zero-order valence-electron chi connectivity index (χ0n) is 18.9. The summed E-state index contributed by atoms with van der Waals surface area (Å²) in [4.78, 5) is 0. The van der Waals surface area contributed by atoms with Crippen LogP contribution in [0.25, 0.3) is 22.3 Å². The van der Waals surface area contributed by atoms with Gasteiger partial charge < -0.3 is 4.74 Å². The molecular weight excluding hydrogens is 421 g/mol. The van der Waals surface area contributed by atoms with Crippen LogP contribution in [0.2, 0.25) is 0 Å². The Morgan fingerprint density at radius 3 is 2.36 bits per heavy atom. The van der Waals surface area contributed by atoms with E-state index in [1.807, 2.05) is 12.1 Å². The van der Waals surface area contributed by atoms with Crippen molar-refractivity contribution < 1.29 is 17.9 Å². The van der Waals surface area contributed by atoms with E-state index in [2.05, 4.69) is 12.7 Å². The van der Waals surface area contributed by atoms with E-state index in [1.54, 1.807) is 36.4 Å². The van der Waals surface area contributed by atoms with Crippen molar-refractivity contribution in [2.24, 2.45) is 5.92 Å². The Labute approximate surface area is 194 Å². The molecule has 0 amide bonds. The van der Waals surface area contributed by atoms with Crippen LogP contribution in [0.1, 0.15) is 43.2 Å². The smallest absolute Gasteiger partial charge is 0.192 e. The maximum absolute atomic E-state index is 15.0. The fourth-order valence-corrected chi connectivity index (χ4v) is 4.65. The van der Waals surface area contributed by atoms with Crippen molar-refractivity contribution in [3.63, 3.8) is 0 Å². The van der Waals surface area contributed by atoms with E-state index in [4.69, 9.17) is 4.74 Å². The van der Waals surface area contributed by atoms with E-state index in [0.717, 1.165) is 37.7 Å². The summed E-state index contributed by atoms with van der Waals surface area (Å²) in [5.41, 5.74) is 4.13. The van der Waals surface area contributed by atoms with Gasteiger partial charge in [-0.15, -0.1) is 6.58 Å². The molecule has 3 unspecified atom stereocenters. The fourth-order valence-electron chi connectivity index (χ4n) is 4.65. The fraction of sp³-hybridized carbons (Fsp3) is 0.310. The van der Waals surface area contributed by atoms with Crippen LogP contribution in [0.3, 0.4) is 0 Å². The second-order valence-electron chi connectivity index (χ2n) is 8.71. The van der Waals surface area contributed by atoms with Gasteiger partial charge in [0.05, 0.1) is 7.11 Å². The number of hydrogen-bond acceptors (Lipinski definition) is 1. The summed E-state index contributed by atoms with van der Waals surface area (Å²) in [5, 5.41) is 0. The van der Waals surface area contributed by atoms with Gasteiger partial charge in [0.25, 0.3) is 0 Å². The minimum Gasteiger partial charge on any atom is -0.498 e. The monoisotopic (exact) mass is 450 g/mol. The summed E-state index contributed by atoms with van der Waals surface area (Å²) in [5.74, 6) is 0.374. The lowest BCUT2D eigenvalue weighted by Gasteiger charge is -2.22. The normalized spacial score (nSPS) is 22.8. The summed E-state index contributed by atoms with van der Waals surface area (Å²) < 4.78 is 48.6. The predicted octanol–water partition coefficient (Wildman–Crippen LogP) is 8.25. The number of ether oxygens (including phenoxy) is 1. The van der Waals surface area contributed by atoms with Crippen LogP contribution in [0.15, 0.2) is 79.1 Å². The van der Waals surface area contributed by atoms with E-state index in [-0.39, 0.29) is 17.1 Å². The Morgan fingerprint density at radius 1 is 1.00 bits per heavy atom. The molecule has 0 radical (unpaired) electrons. The van der Waals surface area contributed by atoms with Crippen molar-refractivity contribution in [1.29, 1.82) is 0 Å². The van der Waals surface area contributed by atoms with Crippen molar-refractivity contribution in [2.75, 3.05) is 7.11 Å². The lowest BCUT2D eigenvalue weighted by atomic mass is 9.84. The quantitative estimate of drug-likeness (QED) is 0.386. The summed E-state index contributed by atoms with van der Waals surface area (Å²) in [6, 6.07) is 12.3. The van der Waals surface area contributed by atoms with Gasteiger partial charge in [-0.3, -0.25) is 0 Å². The average molecular weight is 451 g/mol. The molecule has 0 saturated carbocycles. The predicted molar refractivity (Wildman–Crippen MR) is 129 cm³/mol. The van der Waals surface area contributed by atoms with Gasteiger partial charge in [-0.2, -0.15) is 0 Å². The zero-order chi connectivity index (χ0) is 23.4. The second-order valence-corrected chi connectivity index (χ2v) is 8.71. The summed E-state index contributed by atoms with van der Waals surface area (Å²) >= 11 is 0. The molecule has 0 aromatic heterocycles. The Bertz CT molecular complexity index is 1090. The van der Waals surface area contributed by atoms with Crippen LogP contribution in [0.4, 0.5) is 13.2 Å². The van der Waals surface area contributed by atoms with Gasteiger partial charge in [0.2, 0.25) is 0 Å². The molecule has 0 fully saturated rings. The van der Waals surface area contributed by atoms with Gasteiger partial charge in [-0.1, -0.05) is 54.6 Å². The molecule has 2 aliphatic rings. The van der Waals surface area contributed by atoms with Crippen LogP contribution in [-0.4, -0.2) is 19.5 Å². The van der Waals surface area contributed by atoms with E-state index < -0.39 is 12.3 Å². The first-order valence-corrected chi connectivity index (χ1v) is 11.5. The van der Waals surface area contributed by atoms with Crippen LogP contribution >= 0.6 is 0 Å². The molecule has 172 valence electrons. The van der Waals surface area contributed by atoms with Crippen molar-refractivity contribution in [3.8, 4) is 11.1 Å². The number of hydrogen-bond donors (Lipinski definition) is 0. The number of benzene rings is 2. The molecule has 0 aliphatic heterocycles. The molecule has 2 aromatic carbocycles. The molecular formula is C29H29F3O. The third-order valence-electron chi connectivity index (χ3n) is 6.66. The van der Waals surface area contributed by atoms with Crippen molar-refractivity contribution in [1.82, 2.24) is 0 Å². The summed E-state index contributed by atoms with van der Waals surface area (Å²) in [6.07, 6.45) is 8.87. The molecule has 0 bridgehead atoms. The van der Waals surface area contributed by atoms with E-state index >= 15 is 4.39 Å². The second kappa shape index (κ2) is 10.3. The highest BCUT2D eigenvalue weighted by molar-refractivity contribution is 5.76. The summed E-state index contributed by atoms with van der Waals surface area (Å²) in [6.45, 7) is 3.79. The van der Waals surface area contributed by atoms with E-state index in [0.29, 0.717) is 22.6 Å². The average Bonchev–Trinajstić information content (AvgIpc) is 2.85. The Kier molecular flexibility index (Phi) is 7.22. The number of allylic oxidation sites excluding steroid dienone is 7. The maximum atomic E-state index is 15.0. The standard InChI is InChI=1S/C29H29F3O/c1-3-4-5-19-6-8-20(9-7-19)23-14-15-24(26(30)18-23)21-10-12-22(13-11-21)25-16-17-27(33-2)29(32)28(25)31/h3,8,10-19,28-29H,1,4-7,9H2,2H3. The zero-order valence-corrected chi connectivity index (χ0v) is 18.9. The van der Waals surface area contributed by atoms with Crippen LogP contribution in [0.5, 0.6) is 0 Å². The van der Waals surface area contributed by atoms with Crippen LogP contribution in [-0.2, 0) is 4.74 Å². The third kappa shape index (κ3) is 5.00.